The molecule has 1 amide bonds. The minimum absolute atomic E-state index is 0.0831. The molecule has 3 heterocycles. The van der Waals surface area contributed by atoms with Crippen molar-refractivity contribution in [3.8, 4) is 0 Å². The van der Waals surface area contributed by atoms with Gasteiger partial charge >= 0.3 is 0 Å². The molecule has 33 heavy (non-hydrogen) atoms. The van der Waals surface area contributed by atoms with Gasteiger partial charge in [-0.15, -0.1) is 0 Å². The zero-order valence-corrected chi connectivity index (χ0v) is 19.7. The number of H-pyrrole nitrogens is 1. The number of amides is 1. The Bertz CT molecular complexity index is 1230. The zero-order valence-electron chi connectivity index (χ0n) is 18.9. The average Bonchev–Trinajstić information content (AvgIpc) is 3.08. The number of fused-ring (bicyclic) bond motifs is 1. The fourth-order valence-corrected chi connectivity index (χ4v) is 6.79. The number of sulfonamides is 1. The number of nitrogens with one attached hydrogen (secondary N) is 1. The summed E-state index contributed by atoms with van der Waals surface area (Å²) in [6, 6.07) is 14.9. The largest absolute Gasteiger partial charge is 0.361 e. The summed E-state index contributed by atoms with van der Waals surface area (Å²) in [5.41, 5.74) is 2.92. The molecule has 0 unspecified atom stereocenters. The maximum absolute atomic E-state index is 13.2. The van der Waals surface area contributed by atoms with Gasteiger partial charge in [-0.2, -0.15) is 4.31 Å². The predicted molar refractivity (Wildman–Crippen MR) is 130 cm³/mol. The number of nitrogens with zero attached hydrogens (tertiary/aromatic N) is 2. The lowest BCUT2D eigenvalue weighted by atomic mass is 9.89. The molecule has 0 radical (unpaired) electrons. The standard InChI is InChI=1S/C26H31N3O3S/c30-26(21-8-7-9-22(18-21)33(31,32)29-14-5-1-2-6-15-29)28-16-12-20(13-17-28)24-19-27-25-11-4-3-10-23(24)25/h3-4,7-11,18-20,27H,1-2,5-6,12-17H2. The molecule has 1 aromatic heterocycles. The van der Waals surface area contributed by atoms with Crippen LogP contribution in [0.4, 0.5) is 0 Å². The summed E-state index contributed by atoms with van der Waals surface area (Å²) in [6.45, 7) is 2.46. The normalized spacial score (nSPS) is 19.0. The molecule has 0 aliphatic carbocycles. The van der Waals surface area contributed by atoms with Crippen LogP contribution in [0, 0.1) is 0 Å². The molecule has 2 aliphatic rings. The monoisotopic (exact) mass is 465 g/mol. The van der Waals surface area contributed by atoms with Crippen molar-refractivity contribution in [2.45, 2.75) is 49.3 Å². The Kier molecular flexibility index (Phi) is 6.25. The SMILES string of the molecule is O=C(c1cccc(S(=O)(=O)N2CCCCCC2)c1)N1CCC(c2c[nH]c3ccccc23)CC1. The van der Waals surface area contributed by atoms with Crippen LogP contribution in [-0.4, -0.2) is 54.7 Å². The van der Waals surface area contributed by atoms with Gasteiger partial charge in [0.25, 0.3) is 5.91 Å². The van der Waals surface area contributed by atoms with Gasteiger partial charge in [-0.3, -0.25) is 4.79 Å². The third-order valence-electron chi connectivity index (χ3n) is 7.13. The summed E-state index contributed by atoms with van der Waals surface area (Å²) in [5.74, 6) is 0.334. The third-order valence-corrected chi connectivity index (χ3v) is 9.02. The fourth-order valence-electron chi connectivity index (χ4n) is 5.23. The average molecular weight is 466 g/mol. The van der Waals surface area contributed by atoms with Gasteiger partial charge in [0.2, 0.25) is 10.0 Å². The highest BCUT2D eigenvalue weighted by molar-refractivity contribution is 7.89. The van der Waals surface area contributed by atoms with E-state index in [1.165, 1.54) is 10.9 Å². The number of piperidine rings is 1. The van der Waals surface area contributed by atoms with Crippen LogP contribution in [0.5, 0.6) is 0 Å². The first-order chi connectivity index (χ1) is 16.0. The number of benzene rings is 2. The maximum Gasteiger partial charge on any atom is 0.253 e. The van der Waals surface area contributed by atoms with Crippen molar-refractivity contribution in [3.63, 3.8) is 0 Å². The molecular weight excluding hydrogens is 434 g/mol. The second-order valence-corrected chi connectivity index (χ2v) is 11.1. The Balaban J connectivity index is 1.28. The minimum atomic E-state index is -3.57. The molecule has 6 nitrogen and oxygen atoms in total. The van der Waals surface area contributed by atoms with Crippen molar-refractivity contribution in [1.29, 1.82) is 0 Å². The van der Waals surface area contributed by atoms with Crippen LogP contribution in [0.3, 0.4) is 0 Å². The van der Waals surface area contributed by atoms with Gasteiger partial charge in [0.05, 0.1) is 4.90 Å². The van der Waals surface area contributed by atoms with Gasteiger partial charge in [0.1, 0.15) is 0 Å². The van der Waals surface area contributed by atoms with Crippen molar-refractivity contribution in [3.05, 3.63) is 65.9 Å². The predicted octanol–water partition coefficient (Wildman–Crippen LogP) is 4.75. The fraction of sp³-hybridized carbons (Fsp3) is 0.423. The highest BCUT2D eigenvalue weighted by atomic mass is 32.2. The summed E-state index contributed by atoms with van der Waals surface area (Å²) in [5, 5.41) is 1.26. The van der Waals surface area contributed by atoms with Crippen LogP contribution in [-0.2, 0) is 10.0 Å². The topological polar surface area (TPSA) is 73.5 Å². The molecule has 3 aromatic rings. The van der Waals surface area contributed by atoms with Gasteiger partial charge in [-0.1, -0.05) is 37.1 Å². The summed E-state index contributed by atoms with van der Waals surface area (Å²) < 4.78 is 27.9. The van der Waals surface area contributed by atoms with Gasteiger partial charge in [-0.05, 0) is 61.4 Å². The summed E-state index contributed by atoms with van der Waals surface area (Å²) in [7, 11) is -3.57. The zero-order chi connectivity index (χ0) is 22.8. The first-order valence-electron chi connectivity index (χ1n) is 12.0. The van der Waals surface area contributed by atoms with E-state index in [-0.39, 0.29) is 10.8 Å². The lowest BCUT2D eigenvalue weighted by Gasteiger charge is -2.32. The van der Waals surface area contributed by atoms with Crippen LogP contribution in [0.1, 0.15) is 60.4 Å². The molecule has 0 saturated carbocycles. The Hall–Kier alpha value is -2.64. The van der Waals surface area contributed by atoms with E-state index in [4.69, 9.17) is 0 Å². The van der Waals surface area contributed by atoms with Crippen LogP contribution < -0.4 is 0 Å². The number of rotatable bonds is 4. The first kappa shape index (κ1) is 22.2. The van der Waals surface area contributed by atoms with Crippen LogP contribution in [0.2, 0.25) is 0 Å². The molecule has 0 bridgehead atoms. The Labute approximate surface area is 195 Å². The van der Waals surface area contributed by atoms with Crippen LogP contribution in [0.15, 0.2) is 59.6 Å². The van der Waals surface area contributed by atoms with E-state index in [0.29, 0.717) is 37.7 Å². The number of carbonyl (C=O) groups excluding carboxylic acids is 1. The van der Waals surface area contributed by atoms with Gasteiger partial charge in [-0.25, -0.2) is 8.42 Å². The van der Waals surface area contributed by atoms with Crippen molar-refractivity contribution >= 4 is 26.8 Å². The molecular formula is C26H31N3O3S. The number of likely N-dealkylation sites (tertiary alicyclic amines) is 1. The van der Waals surface area contributed by atoms with Gasteiger partial charge in [0, 0.05) is 48.8 Å². The molecule has 0 atom stereocenters. The number of hydrogen-bond donors (Lipinski definition) is 1. The Morgan fingerprint density at radius 1 is 0.879 bits per heavy atom. The molecule has 2 fully saturated rings. The van der Waals surface area contributed by atoms with E-state index >= 15 is 0 Å². The van der Waals surface area contributed by atoms with Crippen molar-refractivity contribution in [2.75, 3.05) is 26.2 Å². The van der Waals surface area contributed by atoms with E-state index in [9.17, 15) is 13.2 Å². The number of carbonyl (C=O) groups is 1. The second kappa shape index (κ2) is 9.31. The van der Waals surface area contributed by atoms with E-state index in [0.717, 1.165) is 44.0 Å². The quantitative estimate of drug-likeness (QED) is 0.604. The molecule has 5 rings (SSSR count). The number of para-hydroxylation sites is 1. The van der Waals surface area contributed by atoms with Gasteiger partial charge < -0.3 is 9.88 Å². The highest BCUT2D eigenvalue weighted by Gasteiger charge is 2.29. The lowest BCUT2D eigenvalue weighted by molar-refractivity contribution is 0.0713. The van der Waals surface area contributed by atoms with E-state index in [2.05, 4.69) is 29.4 Å². The molecule has 174 valence electrons. The second-order valence-electron chi connectivity index (χ2n) is 9.20. The summed E-state index contributed by atoms with van der Waals surface area (Å²) in [4.78, 5) is 18.7. The molecule has 0 spiro atoms. The van der Waals surface area contributed by atoms with E-state index < -0.39 is 10.0 Å². The maximum atomic E-state index is 13.2. The minimum Gasteiger partial charge on any atom is -0.361 e. The lowest BCUT2D eigenvalue weighted by Crippen LogP contribution is -2.38. The molecule has 2 aliphatic heterocycles. The first-order valence-corrected chi connectivity index (χ1v) is 13.4. The van der Waals surface area contributed by atoms with Crippen LogP contribution in [0.25, 0.3) is 10.9 Å². The van der Waals surface area contributed by atoms with Gasteiger partial charge in [0.15, 0.2) is 0 Å². The molecule has 2 aromatic carbocycles. The molecule has 1 N–H and O–H groups in total. The number of hydrogen-bond acceptors (Lipinski definition) is 3. The highest BCUT2D eigenvalue weighted by Crippen LogP contribution is 2.33. The van der Waals surface area contributed by atoms with Crippen molar-refractivity contribution in [2.24, 2.45) is 0 Å². The summed E-state index contributed by atoms with van der Waals surface area (Å²) >= 11 is 0. The number of aromatic amines is 1. The van der Waals surface area contributed by atoms with E-state index in [1.54, 1.807) is 28.6 Å². The number of aromatic nitrogens is 1. The third kappa shape index (κ3) is 4.44. The Morgan fingerprint density at radius 2 is 1.61 bits per heavy atom. The van der Waals surface area contributed by atoms with Crippen LogP contribution >= 0.6 is 0 Å². The molecule has 2 saturated heterocycles. The Morgan fingerprint density at radius 3 is 2.36 bits per heavy atom. The molecule has 7 heteroatoms. The smallest absolute Gasteiger partial charge is 0.253 e. The summed E-state index contributed by atoms with van der Waals surface area (Å²) in [6.07, 6.45) is 7.83. The van der Waals surface area contributed by atoms with E-state index in [1.807, 2.05) is 11.0 Å². The van der Waals surface area contributed by atoms with Crippen molar-refractivity contribution in [1.82, 2.24) is 14.2 Å². The van der Waals surface area contributed by atoms with Crippen molar-refractivity contribution < 1.29 is 13.2 Å².